The summed E-state index contributed by atoms with van der Waals surface area (Å²) in [7, 11) is 0. The predicted octanol–water partition coefficient (Wildman–Crippen LogP) is 3.78. The third-order valence-corrected chi connectivity index (χ3v) is 2.70. The molecule has 1 amide bonds. The van der Waals surface area contributed by atoms with E-state index in [2.05, 4.69) is 15.5 Å². The van der Waals surface area contributed by atoms with Crippen LogP contribution < -0.4 is 5.32 Å². The first-order valence-electron chi connectivity index (χ1n) is 7.02. The lowest BCUT2D eigenvalue weighted by molar-refractivity contribution is -0.137. The molecule has 0 saturated heterocycles. The molecular weight excluding hydrogens is 327 g/mol. The number of carbonyl (C=O) groups is 1. The molecule has 2 rings (SSSR count). The first kappa shape index (κ1) is 17.8. The van der Waals surface area contributed by atoms with Crippen molar-refractivity contribution in [3.05, 3.63) is 35.7 Å². The molecule has 1 N–H and O–H groups in total. The third kappa shape index (κ3) is 4.97. The quantitative estimate of drug-likeness (QED) is 0.918. The number of amides is 1. The molecule has 9 heteroatoms. The first-order valence-corrected chi connectivity index (χ1v) is 7.02. The van der Waals surface area contributed by atoms with Crippen molar-refractivity contribution in [1.82, 2.24) is 15.5 Å². The van der Waals surface area contributed by atoms with E-state index in [-0.39, 0.29) is 23.8 Å². The Bertz CT molecular complexity index is 720. The maximum Gasteiger partial charge on any atom is 0.416 e. The largest absolute Gasteiger partial charge is 0.444 e. The summed E-state index contributed by atoms with van der Waals surface area (Å²) in [5.74, 6) is 0.0513. The Labute approximate surface area is 136 Å². The zero-order valence-electron chi connectivity index (χ0n) is 13.3. The van der Waals surface area contributed by atoms with Gasteiger partial charge < -0.3 is 14.6 Å². The van der Waals surface area contributed by atoms with Crippen LogP contribution in [-0.2, 0) is 17.5 Å². The highest BCUT2D eigenvalue weighted by Gasteiger charge is 2.30. The van der Waals surface area contributed by atoms with Gasteiger partial charge in [-0.2, -0.15) is 18.2 Å². The van der Waals surface area contributed by atoms with E-state index < -0.39 is 23.4 Å². The Morgan fingerprint density at radius 2 is 2.00 bits per heavy atom. The predicted molar refractivity (Wildman–Crippen MR) is 77.8 cm³/mol. The number of nitrogens with zero attached hydrogens (tertiary/aromatic N) is 2. The SMILES string of the molecule is CC(C)(C)OC(=O)NCc1nc(-c2cccc(C(F)(F)F)c2)no1. The molecule has 0 spiro atoms. The minimum absolute atomic E-state index is 0.00193. The Morgan fingerprint density at radius 1 is 1.29 bits per heavy atom. The van der Waals surface area contributed by atoms with Gasteiger partial charge in [-0.05, 0) is 32.9 Å². The van der Waals surface area contributed by atoms with Crippen molar-refractivity contribution in [2.45, 2.75) is 39.1 Å². The number of alkyl carbamates (subject to hydrolysis) is 1. The fraction of sp³-hybridized carbons (Fsp3) is 0.400. The average Bonchev–Trinajstić information content (AvgIpc) is 2.91. The van der Waals surface area contributed by atoms with Gasteiger partial charge in [0.2, 0.25) is 11.7 Å². The number of hydrogen-bond acceptors (Lipinski definition) is 5. The molecule has 1 aromatic carbocycles. The number of rotatable bonds is 3. The maximum absolute atomic E-state index is 12.7. The van der Waals surface area contributed by atoms with Crippen LogP contribution in [0.5, 0.6) is 0 Å². The summed E-state index contributed by atoms with van der Waals surface area (Å²) >= 11 is 0. The second-order valence-electron chi connectivity index (χ2n) is 5.95. The van der Waals surface area contributed by atoms with E-state index in [0.717, 1.165) is 12.1 Å². The molecule has 0 aliphatic rings. The fourth-order valence-corrected chi connectivity index (χ4v) is 1.74. The number of nitrogens with one attached hydrogen (secondary N) is 1. The summed E-state index contributed by atoms with van der Waals surface area (Å²) in [5, 5.41) is 6.04. The van der Waals surface area contributed by atoms with Crippen molar-refractivity contribution in [1.29, 1.82) is 0 Å². The van der Waals surface area contributed by atoms with Crippen molar-refractivity contribution < 1.29 is 27.2 Å². The molecule has 2 aromatic rings. The van der Waals surface area contributed by atoms with Gasteiger partial charge in [-0.25, -0.2) is 4.79 Å². The van der Waals surface area contributed by atoms with E-state index >= 15 is 0 Å². The molecule has 0 atom stereocenters. The van der Waals surface area contributed by atoms with E-state index in [9.17, 15) is 18.0 Å². The van der Waals surface area contributed by atoms with Crippen LogP contribution in [0.25, 0.3) is 11.4 Å². The van der Waals surface area contributed by atoms with E-state index in [4.69, 9.17) is 9.26 Å². The van der Waals surface area contributed by atoms with Gasteiger partial charge in [-0.15, -0.1) is 0 Å². The van der Waals surface area contributed by atoms with Crippen LogP contribution in [0.2, 0.25) is 0 Å². The van der Waals surface area contributed by atoms with Gasteiger partial charge in [0.1, 0.15) is 12.1 Å². The number of ether oxygens (including phenoxy) is 1. The lowest BCUT2D eigenvalue weighted by atomic mass is 10.1. The smallest absolute Gasteiger partial charge is 0.416 e. The first-order chi connectivity index (χ1) is 11.0. The average molecular weight is 343 g/mol. The number of benzene rings is 1. The van der Waals surface area contributed by atoms with Crippen LogP contribution >= 0.6 is 0 Å². The van der Waals surface area contributed by atoms with Crippen LogP contribution in [0.1, 0.15) is 32.2 Å². The molecule has 130 valence electrons. The van der Waals surface area contributed by atoms with Crippen LogP contribution in [0.15, 0.2) is 28.8 Å². The van der Waals surface area contributed by atoms with Crippen LogP contribution in [0.4, 0.5) is 18.0 Å². The van der Waals surface area contributed by atoms with Gasteiger partial charge in [-0.1, -0.05) is 17.3 Å². The van der Waals surface area contributed by atoms with Gasteiger partial charge in [-0.3, -0.25) is 0 Å². The van der Waals surface area contributed by atoms with Crippen LogP contribution in [0.3, 0.4) is 0 Å². The zero-order chi connectivity index (χ0) is 18.0. The lowest BCUT2D eigenvalue weighted by Gasteiger charge is -2.19. The highest BCUT2D eigenvalue weighted by Crippen LogP contribution is 2.31. The van der Waals surface area contributed by atoms with Crippen molar-refractivity contribution in [3.63, 3.8) is 0 Å². The Kier molecular flexibility index (Phi) is 4.81. The minimum Gasteiger partial charge on any atom is -0.444 e. The number of alkyl halides is 3. The highest BCUT2D eigenvalue weighted by atomic mass is 19.4. The van der Waals surface area contributed by atoms with Gasteiger partial charge in [0, 0.05) is 5.56 Å². The van der Waals surface area contributed by atoms with E-state index in [1.54, 1.807) is 20.8 Å². The number of aromatic nitrogens is 2. The summed E-state index contributed by atoms with van der Waals surface area (Å²) in [4.78, 5) is 15.5. The van der Waals surface area contributed by atoms with Crippen LogP contribution in [0, 0.1) is 0 Å². The van der Waals surface area contributed by atoms with E-state index in [1.807, 2.05) is 0 Å². The number of hydrogen-bond donors (Lipinski definition) is 1. The van der Waals surface area contributed by atoms with Gasteiger partial charge >= 0.3 is 12.3 Å². The molecule has 6 nitrogen and oxygen atoms in total. The maximum atomic E-state index is 12.7. The molecule has 0 unspecified atom stereocenters. The Morgan fingerprint density at radius 3 is 2.62 bits per heavy atom. The molecule has 0 aliphatic carbocycles. The fourth-order valence-electron chi connectivity index (χ4n) is 1.74. The Hall–Kier alpha value is -2.58. The number of halogens is 3. The topological polar surface area (TPSA) is 77.2 Å². The summed E-state index contributed by atoms with van der Waals surface area (Å²) in [6.07, 6.45) is -5.12. The highest BCUT2D eigenvalue weighted by molar-refractivity contribution is 5.67. The number of carbonyl (C=O) groups excluding carboxylic acids is 1. The van der Waals surface area contributed by atoms with Crippen LogP contribution in [-0.4, -0.2) is 21.8 Å². The van der Waals surface area contributed by atoms with Gasteiger partial charge in [0.05, 0.1) is 5.56 Å². The molecule has 1 heterocycles. The normalized spacial score (nSPS) is 12.1. The zero-order valence-corrected chi connectivity index (χ0v) is 13.3. The molecule has 0 saturated carbocycles. The van der Waals surface area contributed by atoms with Crippen molar-refractivity contribution in [2.24, 2.45) is 0 Å². The van der Waals surface area contributed by atoms with Crippen molar-refractivity contribution >= 4 is 6.09 Å². The third-order valence-electron chi connectivity index (χ3n) is 2.70. The van der Waals surface area contributed by atoms with E-state index in [1.165, 1.54) is 12.1 Å². The monoisotopic (exact) mass is 343 g/mol. The minimum atomic E-state index is -4.46. The molecule has 0 aliphatic heterocycles. The Balaban J connectivity index is 2.05. The standard InChI is InChI=1S/C15H16F3N3O3/c1-14(2,3)23-13(22)19-8-11-20-12(21-24-11)9-5-4-6-10(7-9)15(16,17)18/h4-7H,8H2,1-3H3,(H,19,22). The lowest BCUT2D eigenvalue weighted by Crippen LogP contribution is -2.32. The van der Waals surface area contributed by atoms with Crippen molar-refractivity contribution in [2.75, 3.05) is 0 Å². The van der Waals surface area contributed by atoms with Gasteiger partial charge in [0.15, 0.2) is 0 Å². The molecule has 24 heavy (non-hydrogen) atoms. The van der Waals surface area contributed by atoms with Crippen molar-refractivity contribution in [3.8, 4) is 11.4 Å². The summed E-state index contributed by atoms with van der Waals surface area (Å²) in [6, 6.07) is 4.57. The molecular formula is C15H16F3N3O3. The second-order valence-corrected chi connectivity index (χ2v) is 5.95. The summed E-state index contributed by atoms with van der Waals surface area (Å²) in [5.41, 5.74) is -1.29. The van der Waals surface area contributed by atoms with E-state index in [0.29, 0.717) is 0 Å². The molecule has 0 fully saturated rings. The molecule has 0 radical (unpaired) electrons. The molecule has 0 bridgehead atoms. The van der Waals surface area contributed by atoms with Gasteiger partial charge in [0.25, 0.3) is 0 Å². The second kappa shape index (κ2) is 6.50. The molecule has 1 aromatic heterocycles. The summed E-state index contributed by atoms with van der Waals surface area (Å²) < 4.78 is 48.1. The summed E-state index contributed by atoms with van der Waals surface area (Å²) in [6.45, 7) is 5.04.